The highest BCUT2D eigenvalue weighted by Gasteiger charge is 2.19. The quantitative estimate of drug-likeness (QED) is 0.0262. The Morgan fingerprint density at radius 1 is 0.292 bits per heavy atom. The average molecular weight is 916 g/mol. The van der Waals surface area contributed by atoms with Crippen LogP contribution in [-0.4, -0.2) is 37.2 Å². The van der Waals surface area contributed by atoms with Crippen molar-refractivity contribution in [3.05, 3.63) is 24.3 Å². The SMILES string of the molecule is CCC/C=C\CCCCCCCC(=O)OCC(COC(=O)CCCCCCCCCCC/C=C\CCCCCCCCCC)OC(=O)CCCCCCCCCCCCCCCCCC. The lowest BCUT2D eigenvalue weighted by molar-refractivity contribution is -0.167. The smallest absolute Gasteiger partial charge is 0.306 e. The van der Waals surface area contributed by atoms with E-state index >= 15 is 0 Å². The Labute approximate surface area is 404 Å². The number of hydrogen-bond donors (Lipinski definition) is 0. The standard InChI is InChI=1S/C59H110O6/c1-4-7-10-13-16-19-22-24-26-28-29-30-31-32-34-35-37-40-43-46-49-52-58(61)64-55-56(54-63-57(60)51-48-45-42-39-21-18-15-12-9-6-3)65-59(62)53-50-47-44-41-38-36-33-27-25-23-20-17-14-11-8-5-2/h12,15,28-29,56H,4-11,13-14,16-27,30-55H2,1-3H3/b15-12-,29-28-. The van der Waals surface area contributed by atoms with E-state index in [2.05, 4.69) is 45.1 Å². The van der Waals surface area contributed by atoms with E-state index in [1.807, 2.05) is 0 Å². The Kier molecular flexibility index (Phi) is 52.7. The van der Waals surface area contributed by atoms with Gasteiger partial charge in [-0.25, -0.2) is 0 Å². The number of hydrogen-bond acceptors (Lipinski definition) is 6. The molecular weight excluding hydrogens is 805 g/mol. The summed E-state index contributed by atoms with van der Waals surface area (Å²) < 4.78 is 16.8. The number of esters is 3. The number of rotatable bonds is 53. The lowest BCUT2D eigenvalue weighted by atomic mass is 10.0. The van der Waals surface area contributed by atoms with Crippen LogP contribution in [-0.2, 0) is 28.6 Å². The van der Waals surface area contributed by atoms with Crippen molar-refractivity contribution in [3.63, 3.8) is 0 Å². The molecule has 0 aliphatic carbocycles. The zero-order chi connectivity index (χ0) is 47.2. The van der Waals surface area contributed by atoms with Crippen LogP contribution in [0.2, 0.25) is 0 Å². The summed E-state index contributed by atoms with van der Waals surface area (Å²) in [6.07, 6.45) is 63.2. The fraction of sp³-hybridized carbons (Fsp3) is 0.881. The third kappa shape index (κ3) is 52.7. The number of allylic oxidation sites excluding steroid dienone is 4. The molecule has 0 heterocycles. The minimum absolute atomic E-state index is 0.0709. The van der Waals surface area contributed by atoms with Crippen LogP contribution in [0.1, 0.15) is 316 Å². The molecule has 0 aromatic rings. The van der Waals surface area contributed by atoms with Crippen LogP contribution in [0.25, 0.3) is 0 Å². The van der Waals surface area contributed by atoms with Gasteiger partial charge in [0.25, 0.3) is 0 Å². The highest BCUT2D eigenvalue weighted by atomic mass is 16.6. The molecule has 0 rings (SSSR count). The van der Waals surface area contributed by atoms with Gasteiger partial charge in [-0.2, -0.15) is 0 Å². The summed E-state index contributed by atoms with van der Waals surface area (Å²) in [5.74, 6) is -0.865. The summed E-state index contributed by atoms with van der Waals surface area (Å²) in [5, 5.41) is 0. The van der Waals surface area contributed by atoms with Crippen molar-refractivity contribution in [2.75, 3.05) is 13.2 Å². The first kappa shape index (κ1) is 62.9. The zero-order valence-corrected chi connectivity index (χ0v) is 43.8. The largest absolute Gasteiger partial charge is 0.462 e. The van der Waals surface area contributed by atoms with Gasteiger partial charge >= 0.3 is 17.9 Å². The van der Waals surface area contributed by atoms with E-state index in [4.69, 9.17) is 14.2 Å². The first-order valence-electron chi connectivity index (χ1n) is 28.8. The fourth-order valence-corrected chi connectivity index (χ4v) is 8.56. The average Bonchev–Trinajstić information content (AvgIpc) is 3.30. The van der Waals surface area contributed by atoms with E-state index < -0.39 is 6.10 Å². The third-order valence-corrected chi connectivity index (χ3v) is 12.9. The van der Waals surface area contributed by atoms with E-state index in [-0.39, 0.29) is 31.1 Å². The van der Waals surface area contributed by atoms with Gasteiger partial charge in [-0.1, -0.05) is 257 Å². The van der Waals surface area contributed by atoms with Crippen molar-refractivity contribution in [2.45, 2.75) is 322 Å². The minimum atomic E-state index is -0.770. The molecule has 0 aliphatic rings. The minimum Gasteiger partial charge on any atom is -0.462 e. The van der Waals surface area contributed by atoms with Crippen LogP contribution in [0.5, 0.6) is 0 Å². The molecule has 65 heavy (non-hydrogen) atoms. The van der Waals surface area contributed by atoms with Gasteiger partial charge in [0.15, 0.2) is 6.10 Å². The maximum atomic E-state index is 12.8. The molecule has 0 bridgehead atoms. The molecule has 0 amide bonds. The summed E-state index contributed by atoms with van der Waals surface area (Å²) in [5.41, 5.74) is 0. The highest BCUT2D eigenvalue weighted by Crippen LogP contribution is 2.17. The van der Waals surface area contributed by atoms with Gasteiger partial charge in [0, 0.05) is 19.3 Å². The number of carbonyl (C=O) groups excluding carboxylic acids is 3. The predicted molar refractivity (Wildman–Crippen MR) is 279 cm³/mol. The van der Waals surface area contributed by atoms with Crippen LogP contribution in [0, 0.1) is 0 Å². The van der Waals surface area contributed by atoms with Crippen molar-refractivity contribution in [2.24, 2.45) is 0 Å². The Morgan fingerprint density at radius 3 is 0.831 bits per heavy atom. The van der Waals surface area contributed by atoms with E-state index in [0.717, 1.165) is 70.6 Å². The Bertz CT molecular complexity index is 1050. The highest BCUT2D eigenvalue weighted by molar-refractivity contribution is 5.71. The fourth-order valence-electron chi connectivity index (χ4n) is 8.56. The molecule has 6 nitrogen and oxygen atoms in total. The second kappa shape index (κ2) is 54.5. The van der Waals surface area contributed by atoms with Crippen molar-refractivity contribution in [1.29, 1.82) is 0 Å². The van der Waals surface area contributed by atoms with Crippen LogP contribution in [0.3, 0.4) is 0 Å². The number of carbonyl (C=O) groups is 3. The molecule has 0 aromatic heterocycles. The number of unbranched alkanes of at least 4 members (excludes halogenated alkanes) is 38. The van der Waals surface area contributed by atoms with Gasteiger partial charge in [-0.05, 0) is 64.2 Å². The molecule has 6 heteroatoms. The zero-order valence-electron chi connectivity index (χ0n) is 43.8. The predicted octanol–water partition coefficient (Wildman–Crippen LogP) is 19.1. The summed E-state index contributed by atoms with van der Waals surface area (Å²) in [4.78, 5) is 38.0. The monoisotopic (exact) mass is 915 g/mol. The molecule has 0 N–H and O–H groups in total. The van der Waals surface area contributed by atoms with Crippen LogP contribution < -0.4 is 0 Å². The molecule has 0 aliphatic heterocycles. The van der Waals surface area contributed by atoms with Gasteiger partial charge in [-0.3, -0.25) is 14.4 Å². The molecule has 0 saturated carbocycles. The molecule has 382 valence electrons. The molecule has 0 saturated heterocycles. The Morgan fingerprint density at radius 2 is 0.538 bits per heavy atom. The molecule has 1 unspecified atom stereocenters. The lowest BCUT2D eigenvalue weighted by Gasteiger charge is -2.18. The first-order valence-corrected chi connectivity index (χ1v) is 28.8. The van der Waals surface area contributed by atoms with Crippen LogP contribution in [0.15, 0.2) is 24.3 Å². The molecule has 0 fully saturated rings. The first-order chi connectivity index (χ1) is 32.0. The van der Waals surface area contributed by atoms with E-state index in [1.54, 1.807) is 0 Å². The Hall–Kier alpha value is -2.11. The lowest BCUT2D eigenvalue weighted by Crippen LogP contribution is -2.30. The molecule has 0 spiro atoms. The molecular formula is C59H110O6. The third-order valence-electron chi connectivity index (χ3n) is 12.9. The van der Waals surface area contributed by atoms with Gasteiger partial charge in [0.2, 0.25) is 0 Å². The summed E-state index contributed by atoms with van der Waals surface area (Å²) in [7, 11) is 0. The van der Waals surface area contributed by atoms with Crippen LogP contribution >= 0.6 is 0 Å². The number of ether oxygens (including phenoxy) is 3. The van der Waals surface area contributed by atoms with E-state index in [0.29, 0.717) is 19.3 Å². The van der Waals surface area contributed by atoms with Gasteiger partial charge in [-0.15, -0.1) is 0 Å². The molecule has 1 atom stereocenters. The summed E-state index contributed by atoms with van der Waals surface area (Å²) >= 11 is 0. The van der Waals surface area contributed by atoms with Gasteiger partial charge in [0.1, 0.15) is 13.2 Å². The Balaban J connectivity index is 4.24. The summed E-state index contributed by atoms with van der Waals surface area (Å²) in [6, 6.07) is 0. The van der Waals surface area contributed by atoms with E-state index in [1.165, 1.54) is 205 Å². The summed E-state index contributed by atoms with van der Waals surface area (Å²) in [6.45, 7) is 6.61. The molecule has 0 radical (unpaired) electrons. The second-order valence-corrected chi connectivity index (χ2v) is 19.6. The van der Waals surface area contributed by atoms with Crippen molar-refractivity contribution >= 4 is 17.9 Å². The van der Waals surface area contributed by atoms with Crippen molar-refractivity contribution < 1.29 is 28.6 Å². The topological polar surface area (TPSA) is 78.9 Å². The molecule has 0 aromatic carbocycles. The van der Waals surface area contributed by atoms with Gasteiger partial charge < -0.3 is 14.2 Å². The second-order valence-electron chi connectivity index (χ2n) is 19.6. The van der Waals surface area contributed by atoms with Crippen LogP contribution in [0.4, 0.5) is 0 Å². The maximum Gasteiger partial charge on any atom is 0.306 e. The van der Waals surface area contributed by atoms with Gasteiger partial charge in [0.05, 0.1) is 0 Å². The van der Waals surface area contributed by atoms with Crippen molar-refractivity contribution in [1.82, 2.24) is 0 Å². The normalized spacial score (nSPS) is 12.1. The van der Waals surface area contributed by atoms with E-state index in [9.17, 15) is 14.4 Å². The maximum absolute atomic E-state index is 12.8. The van der Waals surface area contributed by atoms with Crippen molar-refractivity contribution in [3.8, 4) is 0 Å².